The van der Waals surface area contributed by atoms with Gasteiger partial charge >= 0.3 is 6.03 Å². The molecule has 1 saturated carbocycles. The number of aromatic nitrogens is 1. The van der Waals surface area contributed by atoms with E-state index in [4.69, 9.17) is 21.6 Å². The van der Waals surface area contributed by atoms with E-state index in [1.54, 1.807) is 46.2 Å². The Bertz CT molecular complexity index is 998. The normalized spacial score (nSPS) is 20.7. The lowest BCUT2D eigenvalue weighted by Gasteiger charge is -2.29. The van der Waals surface area contributed by atoms with Crippen molar-refractivity contribution >= 4 is 29.2 Å². The van der Waals surface area contributed by atoms with Gasteiger partial charge in [0.25, 0.3) is 0 Å². The van der Waals surface area contributed by atoms with Gasteiger partial charge in [-0.25, -0.2) is 9.78 Å². The molecule has 1 aromatic carbocycles. The van der Waals surface area contributed by atoms with E-state index in [1.807, 2.05) is 6.07 Å². The summed E-state index contributed by atoms with van der Waals surface area (Å²) >= 11 is 5.92. The number of urea groups is 1. The van der Waals surface area contributed by atoms with Crippen LogP contribution in [0.1, 0.15) is 31.2 Å². The Morgan fingerprint density at radius 2 is 1.91 bits per heavy atom. The van der Waals surface area contributed by atoms with Gasteiger partial charge in [-0.3, -0.25) is 9.69 Å². The molecule has 166 valence electrons. The highest BCUT2D eigenvalue weighted by molar-refractivity contribution is 6.30. The molecule has 2 heterocycles. The summed E-state index contributed by atoms with van der Waals surface area (Å²) in [6.07, 6.45) is 4.75. The zero-order chi connectivity index (χ0) is 22.5. The fourth-order valence-corrected chi connectivity index (χ4v) is 4.17. The van der Waals surface area contributed by atoms with Crippen molar-refractivity contribution in [3.8, 4) is 11.9 Å². The molecule has 2 fully saturated rings. The summed E-state index contributed by atoms with van der Waals surface area (Å²) < 4.78 is 5.89. The monoisotopic (exact) mass is 453 g/mol. The Hall–Kier alpha value is -3.31. The Morgan fingerprint density at radius 1 is 1.16 bits per heavy atom. The highest BCUT2D eigenvalue weighted by atomic mass is 35.5. The van der Waals surface area contributed by atoms with Crippen LogP contribution in [0.4, 0.5) is 10.5 Å². The molecule has 0 radical (unpaired) electrons. The summed E-state index contributed by atoms with van der Waals surface area (Å²) in [7, 11) is 0. The van der Waals surface area contributed by atoms with Crippen molar-refractivity contribution in [2.24, 2.45) is 0 Å². The van der Waals surface area contributed by atoms with Crippen molar-refractivity contribution < 1.29 is 14.3 Å². The van der Waals surface area contributed by atoms with Crippen molar-refractivity contribution in [1.82, 2.24) is 15.2 Å². The van der Waals surface area contributed by atoms with Crippen molar-refractivity contribution in [2.45, 2.75) is 37.8 Å². The summed E-state index contributed by atoms with van der Waals surface area (Å²) in [6, 6.07) is 12.4. The first kappa shape index (κ1) is 21.9. The number of anilines is 1. The quantitative estimate of drug-likeness (QED) is 0.723. The Labute approximate surface area is 191 Å². The van der Waals surface area contributed by atoms with E-state index in [0.717, 1.165) is 31.4 Å². The minimum absolute atomic E-state index is 0.0386. The summed E-state index contributed by atoms with van der Waals surface area (Å²) in [4.78, 5) is 32.6. The second-order valence-electron chi connectivity index (χ2n) is 7.99. The zero-order valence-corrected chi connectivity index (χ0v) is 18.3. The average molecular weight is 454 g/mol. The fourth-order valence-electron chi connectivity index (χ4n) is 4.05. The molecule has 1 N–H and O–H groups in total. The molecular weight excluding hydrogens is 430 g/mol. The summed E-state index contributed by atoms with van der Waals surface area (Å²) in [5.74, 6) is 0.365. The second-order valence-corrected chi connectivity index (χ2v) is 8.42. The van der Waals surface area contributed by atoms with Gasteiger partial charge in [0.2, 0.25) is 11.8 Å². The number of carbonyl (C=O) groups excluding carboxylic acids is 2. The largest absolute Gasteiger partial charge is 0.474 e. The van der Waals surface area contributed by atoms with Gasteiger partial charge < -0.3 is 15.0 Å². The van der Waals surface area contributed by atoms with E-state index in [0.29, 0.717) is 29.6 Å². The molecule has 2 aliphatic rings. The van der Waals surface area contributed by atoms with Gasteiger partial charge in [0.15, 0.2) is 0 Å². The van der Waals surface area contributed by atoms with Crippen LogP contribution in [0.3, 0.4) is 0 Å². The van der Waals surface area contributed by atoms with E-state index in [1.165, 1.54) is 6.20 Å². The van der Waals surface area contributed by atoms with Crippen molar-refractivity contribution in [3.05, 3.63) is 53.2 Å². The van der Waals surface area contributed by atoms with Crippen LogP contribution in [0, 0.1) is 11.3 Å². The standard InChI is InChI=1S/C23H24ClN5O3/c24-17-2-6-19(7-3-17)29-12-11-28(23(29)31)15-21(30)27-18-4-8-20(9-5-18)32-22-10-1-16(13-25)14-26-22/h1-3,6-7,10,14,18,20H,4-5,8-9,11-12,15H2,(H,27,30). The maximum absolute atomic E-state index is 12.7. The van der Waals surface area contributed by atoms with E-state index in [9.17, 15) is 9.59 Å². The van der Waals surface area contributed by atoms with E-state index in [-0.39, 0.29) is 30.6 Å². The summed E-state index contributed by atoms with van der Waals surface area (Å²) in [6.45, 7) is 1.10. The molecule has 4 rings (SSSR count). The number of halogens is 1. The van der Waals surface area contributed by atoms with E-state index >= 15 is 0 Å². The van der Waals surface area contributed by atoms with Crippen LogP contribution in [0.25, 0.3) is 0 Å². The molecule has 2 aromatic rings. The lowest BCUT2D eigenvalue weighted by molar-refractivity contribution is -0.122. The third kappa shape index (κ3) is 5.29. The van der Waals surface area contributed by atoms with Gasteiger partial charge in [-0.15, -0.1) is 0 Å². The molecule has 0 spiro atoms. The summed E-state index contributed by atoms with van der Waals surface area (Å²) in [5, 5.41) is 12.5. The number of ether oxygens (including phenoxy) is 1. The molecular formula is C23H24ClN5O3. The van der Waals surface area contributed by atoms with E-state index in [2.05, 4.69) is 10.3 Å². The third-order valence-electron chi connectivity index (χ3n) is 5.76. The van der Waals surface area contributed by atoms with Crippen molar-refractivity contribution in [2.75, 3.05) is 24.5 Å². The number of rotatable bonds is 6. The molecule has 0 atom stereocenters. The molecule has 1 aromatic heterocycles. The fraction of sp³-hybridized carbons (Fsp3) is 0.391. The molecule has 1 saturated heterocycles. The lowest BCUT2D eigenvalue weighted by Crippen LogP contribution is -2.45. The number of hydrogen-bond donors (Lipinski definition) is 1. The molecule has 0 bridgehead atoms. The average Bonchev–Trinajstić information content (AvgIpc) is 3.16. The van der Waals surface area contributed by atoms with Crippen LogP contribution in [-0.4, -0.2) is 53.6 Å². The van der Waals surface area contributed by atoms with Crippen LogP contribution < -0.4 is 15.0 Å². The number of benzene rings is 1. The molecule has 32 heavy (non-hydrogen) atoms. The number of nitrogens with zero attached hydrogens (tertiary/aromatic N) is 4. The topological polar surface area (TPSA) is 98.6 Å². The minimum atomic E-state index is -0.172. The number of carbonyl (C=O) groups is 2. The van der Waals surface area contributed by atoms with E-state index < -0.39 is 0 Å². The first-order chi connectivity index (χ1) is 15.5. The van der Waals surface area contributed by atoms with Gasteiger partial charge in [-0.1, -0.05) is 11.6 Å². The summed E-state index contributed by atoms with van der Waals surface area (Å²) in [5.41, 5.74) is 1.27. The van der Waals surface area contributed by atoms with Gasteiger partial charge in [0.05, 0.1) is 5.56 Å². The van der Waals surface area contributed by atoms with Gasteiger partial charge in [0.1, 0.15) is 18.7 Å². The predicted molar refractivity (Wildman–Crippen MR) is 120 cm³/mol. The second kappa shape index (κ2) is 9.88. The van der Waals surface area contributed by atoms with Crippen LogP contribution in [0.15, 0.2) is 42.6 Å². The molecule has 8 nitrogen and oxygen atoms in total. The van der Waals surface area contributed by atoms with Crippen molar-refractivity contribution in [3.63, 3.8) is 0 Å². The highest BCUT2D eigenvalue weighted by Gasteiger charge is 2.31. The Kier molecular flexibility index (Phi) is 6.76. The molecule has 9 heteroatoms. The van der Waals surface area contributed by atoms with Gasteiger partial charge in [-0.05, 0) is 56.0 Å². The Balaban J connectivity index is 1.21. The SMILES string of the molecule is N#Cc1ccc(OC2CCC(NC(=O)CN3CCN(c4ccc(Cl)cc4)C3=O)CC2)nc1. The van der Waals surface area contributed by atoms with Crippen LogP contribution in [0.5, 0.6) is 5.88 Å². The Morgan fingerprint density at radius 3 is 2.56 bits per heavy atom. The predicted octanol–water partition coefficient (Wildman–Crippen LogP) is 3.36. The number of amides is 3. The smallest absolute Gasteiger partial charge is 0.325 e. The van der Waals surface area contributed by atoms with Crippen molar-refractivity contribution in [1.29, 1.82) is 5.26 Å². The molecule has 3 amide bonds. The molecule has 1 aliphatic heterocycles. The third-order valence-corrected chi connectivity index (χ3v) is 6.01. The van der Waals surface area contributed by atoms with Crippen LogP contribution >= 0.6 is 11.6 Å². The van der Waals surface area contributed by atoms with Crippen LogP contribution in [0.2, 0.25) is 5.02 Å². The number of pyridine rings is 1. The van der Waals surface area contributed by atoms with Gasteiger partial charge in [-0.2, -0.15) is 5.26 Å². The maximum atomic E-state index is 12.7. The first-order valence-electron chi connectivity index (χ1n) is 10.7. The maximum Gasteiger partial charge on any atom is 0.325 e. The first-order valence-corrected chi connectivity index (χ1v) is 11.0. The lowest BCUT2D eigenvalue weighted by atomic mass is 9.93. The zero-order valence-electron chi connectivity index (χ0n) is 17.5. The minimum Gasteiger partial charge on any atom is -0.474 e. The van der Waals surface area contributed by atoms with Crippen LogP contribution in [-0.2, 0) is 4.79 Å². The molecule has 1 aliphatic carbocycles. The number of hydrogen-bond acceptors (Lipinski definition) is 5. The highest BCUT2D eigenvalue weighted by Crippen LogP contribution is 2.24. The number of nitrogens with one attached hydrogen (secondary N) is 1. The number of nitriles is 1. The molecule has 0 unspecified atom stereocenters. The van der Waals surface area contributed by atoms with Gasteiger partial charge in [0, 0.05) is 42.1 Å².